The number of aromatic amines is 1. The second-order valence-electron chi connectivity index (χ2n) is 5.03. The predicted octanol–water partition coefficient (Wildman–Crippen LogP) is 2.82. The second kappa shape index (κ2) is 8.11. The van der Waals surface area contributed by atoms with Gasteiger partial charge in [-0.15, -0.1) is 16.5 Å². The Balaban J connectivity index is 1.41. The number of hydrogen-bond donors (Lipinski definition) is 4. The number of rotatable bonds is 8. The highest BCUT2D eigenvalue weighted by Crippen LogP contribution is 2.22. The standard InChI is InChI=1S/C15H16N8OS/c16-21-15-19-7-4-13(20-15)17-5-2-6-18-14(24)11-9-10(22-23-11)12-3-1-8-25-12/h1,3-4,7-9,16H,2,5-6H2,(H,18,24)(H,22,23)(H,17,19,20). The van der Waals surface area contributed by atoms with E-state index in [9.17, 15) is 4.79 Å². The Hall–Kier alpha value is -3.14. The Bertz CT molecular complexity index is 845. The van der Waals surface area contributed by atoms with Gasteiger partial charge in [-0.3, -0.25) is 9.89 Å². The van der Waals surface area contributed by atoms with Crippen molar-refractivity contribution in [2.24, 2.45) is 5.11 Å². The van der Waals surface area contributed by atoms with Crippen molar-refractivity contribution >= 4 is 29.0 Å². The van der Waals surface area contributed by atoms with Crippen LogP contribution in [-0.4, -0.2) is 39.2 Å². The smallest absolute Gasteiger partial charge is 0.271 e. The van der Waals surface area contributed by atoms with E-state index in [1.54, 1.807) is 23.5 Å². The lowest BCUT2D eigenvalue weighted by Crippen LogP contribution is -2.26. The van der Waals surface area contributed by atoms with Crippen molar-refractivity contribution in [3.8, 4) is 10.6 Å². The van der Waals surface area contributed by atoms with Gasteiger partial charge in [-0.2, -0.15) is 10.1 Å². The van der Waals surface area contributed by atoms with Crippen molar-refractivity contribution in [1.29, 1.82) is 5.53 Å². The van der Waals surface area contributed by atoms with Crippen LogP contribution in [0.1, 0.15) is 16.9 Å². The number of amides is 1. The van der Waals surface area contributed by atoms with Crippen LogP contribution in [0.2, 0.25) is 0 Å². The number of nitrogens with one attached hydrogen (secondary N) is 4. The molecule has 3 aromatic rings. The first-order chi connectivity index (χ1) is 12.3. The summed E-state index contributed by atoms with van der Waals surface area (Å²) >= 11 is 1.59. The van der Waals surface area contributed by atoms with Gasteiger partial charge >= 0.3 is 0 Å². The van der Waals surface area contributed by atoms with E-state index in [0.717, 1.165) is 10.6 Å². The normalized spacial score (nSPS) is 10.4. The minimum absolute atomic E-state index is 0.110. The lowest BCUT2D eigenvalue weighted by molar-refractivity contribution is 0.0948. The Labute approximate surface area is 147 Å². The van der Waals surface area contributed by atoms with Crippen molar-refractivity contribution in [1.82, 2.24) is 25.5 Å². The van der Waals surface area contributed by atoms with Gasteiger partial charge < -0.3 is 10.6 Å². The highest BCUT2D eigenvalue weighted by atomic mass is 32.1. The third-order valence-corrected chi connectivity index (χ3v) is 4.19. The van der Waals surface area contributed by atoms with Crippen LogP contribution in [0.5, 0.6) is 0 Å². The van der Waals surface area contributed by atoms with Gasteiger partial charge in [0.15, 0.2) is 5.69 Å². The van der Waals surface area contributed by atoms with Crippen molar-refractivity contribution < 1.29 is 4.79 Å². The van der Waals surface area contributed by atoms with E-state index in [4.69, 9.17) is 5.53 Å². The number of thiophene rings is 1. The van der Waals surface area contributed by atoms with Crippen LogP contribution >= 0.6 is 11.3 Å². The molecule has 0 aromatic carbocycles. The molecule has 3 rings (SSSR count). The lowest BCUT2D eigenvalue weighted by atomic mass is 10.3. The molecule has 0 atom stereocenters. The molecule has 0 saturated carbocycles. The van der Waals surface area contributed by atoms with E-state index in [1.807, 2.05) is 17.5 Å². The number of anilines is 1. The van der Waals surface area contributed by atoms with E-state index < -0.39 is 0 Å². The summed E-state index contributed by atoms with van der Waals surface area (Å²) in [4.78, 5) is 21.0. The maximum absolute atomic E-state index is 12.1. The summed E-state index contributed by atoms with van der Waals surface area (Å²) in [6.45, 7) is 1.13. The van der Waals surface area contributed by atoms with Crippen LogP contribution in [0.4, 0.5) is 11.8 Å². The summed E-state index contributed by atoms with van der Waals surface area (Å²) in [6, 6.07) is 7.36. The molecule has 1 amide bonds. The maximum atomic E-state index is 12.1. The molecule has 0 aliphatic carbocycles. The van der Waals surface area contributed by atoms with Gasteiger partial charge in [0.2, 0.25) is 0 Å². The topological polar surface area (TPSA) is 132 Å². The van der Waals surface area contributed by atoms with Gasteiger partial charge in [0, 0.05) is 19.3 Å². The summed E-state index contributed by atoms with van der Waals surface area (Å²) < 4.78 is 0. The first-order valence-corrected chi connectivity index (χ1v) is 8.46. The Morgan fingerprint density at radius 1 is 1.36 bits per heavy atom. The quantitative estimate of drug-likeness (QED) is 0.364. The molecule has 9 nitrogen and oxygen atoms in total. The molecule has 0 aliphatic rings. The number of hydrogen-bond acceptors (Lipinski definition) is 8. The van der Waals surface area contributed by atoms with Crippen LogP contribution in [0, 0.1) is 5.53 Å². The molecule has 0 bridgehead atoms. The van der Waals surface area contributed by atoms with Crippen molar-refractivity contribution in [2.45, 2.75) is 6.42 Å². The minimum Gasteiger partial charge on any atom is -0.370 e. The Morgan fingerprint density at radius 3 is 3.08 bits per heavy atom. The molecule has 3 aromatic heterocycles. The second-order valence-corrected chi connectivity index (χ2v) is 5.98. The minimum atomic E-state index is -0.212. The maximum Gasteiger partial charge on any atom is 0.271 e. The highest BCUT2D eigenvalue weighted by Gasteiger charge is 2.11. The van der Waals surface area contributed by atoms with Crippen LogP contribution in [0.15, 0.2) is 41.0 Å². The molecule has 0 radical (unpaired) electrons. The molecule has 0 fully saturated rings. The zero-order chi connectivity index (χ0) is 17.5. The number of nitrogens with zero attached hydrogens (tertiary/aromatic N) is 4. The van der Waals surface area contributed by atoms with Gasteiger partial charge in [-0.25, -0.2) is 10.5 Å². The molecule has 25 heavy (non-hydrogen) atoms. The molecule has 0 unspecified atom stereocenters. The molecule has 0 spiro atoms. The number of H-pyrrole nitrogens is 1. The van der Waals surface area contributed by atoms with Crippen molar-refractivity contribution in [3.05, 3.63) is 41.5 Å². The molecule has 0 saturated heterocycles. The zero-order valence-electron chi connectivity index (χ0n) is 13.2. The van der Waals surface area contributed by atoms with Gasteiger partial charge in [0.05, 0.1) is 10.6 Å². The Kier molecular flexibility index (Phi) is 5.42. The molecule has 10 heteroatoms. The fourth-order valence-corrected chi connectivity index (χ4v) is 2.79. The van der Waals surface area contributed by atoms with Gasteiger partial charge in [-0.1, -0.05) is 6.07 Å². The molecular weight excluding hydrogens is 340 g/mol. The van der Waals surface area contributed by atoms with Gasteiger partial charge in [0.25, 0.3) is 11.9 Å². The molecular formula is C15H16N8OS. The van der Waals surface area contributed by atoms with Crippen molar-refractivity contribution in [3.63, 3.8) is 0 Å². The predicted molar refractivity (Wildman–Crippen MR) is 94.2 cm³/mol. The average molecular weight is 356 g/mol. The van der Waals surface area contributed by atoms with Gasteiger partial charge in [0.1, 0.15) is 5.82 Å². The molecule has 3 heterocycles. The van der Waals surface area contributed by atoms with E-state index >= 15 is 0 Å². The third-order valence-electron chi connectivity index (χ3n) is 3.29. The number of aromatic nitrogens is 4. The highest BCUT2D eigenvalue weighted by molar-refractivity contribution is 7.13. The number of carbonyl (C=O) groups excluding carboxylic acids is 1. The van der Waals surface area contributed by atoms with E-state index in [2.05, 4.69) is 35.9 Å². The van der Waals surface area contributed by atoms with Crippen LogP contribution in [0.25, 0.3) is 10.6 Å². The summed E-state index contributed by atoms with van der Waals surface area (Å²) in [7, 11) is 0. The third kappa shape index (κ3) is 4.44. The SMILES string of the molecule is N=Nc1nccc(NCCCNC(=O)c2cc(-c3cccs3)[nH]n2)n1. The summed E-state index contributed by atoms with van der Waals surface area (Å²) in [6.07, 6.45) is 2.25. The van der Waals surface area contributed by atoms with Crippen LogP contribution in [0.3, 0.4) is 0 Å². The van der Waals surface area contributed by atoms with E-state index in [-0.39, 0.29) is 11.9 Å². The fourth-order valence-electron chi connectivity index (χ4n) is 2.09. The van der Waals surface area contributed by atoms with E-state index in [1.165, 1.54) is 6.20 Å². The largest absolute Gasteiger partial charge is 0.370 e. The fraction of sp³-hybridized carbons (Fsp3) is 0.200. The monoisotopic (exact) mass is 356 g/mol. The average Bonchev–Trinajstić information content (AvgIpc) is 3.32. The van der Waals surface area contributed by atoms with Crippen LogP contribution in [-0.2, 0) is 0 Å². The van der Waals surface area contributed by atoms with Crippen LogP contribution < -0.4 is 10.6 Å². The van der Waals surface area contributed by atoms with E-state index in [0.29, 0.717) is 31.0 Å². The summed E-state index contributed by atoms with van der Waals surface area (Å²) in [5, 5.41) is 18.0. The van der Waals surface area contributed by atoms with Gasteiger partial charge in [-0.05, 0) is 30.0 Å². The Morgan fingerprint density at radius 2 is 2.28 bits per heavy atom. The first kappa shape index (κ1) is 16.7. The first-order valence-electron chi connectivity index (χ1n) is 7.58. The molecule has 4 N–H and O–H groups in total. The number of carbonyl (C=O) groups is 1. The zero-order valence-corrected chi connectivity index (χ0v) is 14.0. The molecule has 0 aliphatic heterocycles. The summed E-state index contributed by atoms with van der Waals surface area (Å²) in [5.74, 6) is 0.495. The molecule has 128 valence electrons. The van der Waals surface area contributed by atoms with Crippen molar-refractivity contribution in [2.75, 3.05) is 18.4 Å². The summed E-state index contributed by atoms with van der Waals surface area (Å²) in [5.41, 5.74) is 8.08. The lowest BCUT2D eigenvalue weighted by Gasteiger charge is -2.06.